The number of benzene rings is 1. The van der Waals surface area contributed by atoms with Crippen LogP contribution < -0.4 is 0 Å². The molecule has 1 N–H and O–H groups in total. The summed E-state index contributed by atoms with van der Waals surface area (Å²) in [4.78, 5) is 25.2. The number of carbonyl (C=O) groups excluding carboxylic acids is 1. The van der Waals surface area contributed by atoms with Crippen molar-refractivity contribution < 1.29 is 14.7 Å². The minimum absolute atomic E-state index is 0.146. The Morgan fingerprint density at radius 3 is 2.45 bits per heavy atom. The van der Waals surface area contributed by atoms with E-state index in [9.17, 15) is 9.59 Å². The summed E-state index contributed by atoms with van der Waals surface area (Å²) in [5, 5.41) is 8.89. The summed E-state index contributed by atoms with van der Waals surface area (Å²) >= 11 is 0. The smallest absolute Gasteiger partial charge is 0.335 e. The molecule has 4 heteroatoms. The molecular formula is C18H25NO3. The van der Waals surface area contributed by atoms with Crippen LogP contribution in [-0.2, 0) is 11.2 Å². The molecule has 1 amide bonds. The van der Waals surface area contributed by atoms with Gasteiger partial charge in [0.2, 0.25) is 5.91 Å². The van der Waals surface area contributed by atoms with Crippen LogP contribution in [0, 0.1) is 11.8 Å². The number of rotatable bonds is 4. The van der Waals surface area contributed by atoms with E-state index in [1.54, 1.807) is 24.3 Å². The van der Waals surface area contributed by atoms with Crippen LogP contribution in [0.4, 0.5) is 0 Å². The van der Waals surface area contributed by atoms with Crippen LogP contribution >= 0.6 is 0 Å². The molecule has 1 atom stereocenters. The number of hydrogen-bond donors (Lipinski definition) is 1. The Bertz CT molecular complexity index is 522. The SMILES string of the molecule is CC(C)C1CCCN(C(=O)Cc2ccc(C(=O)O)cc2)CC1. The minimum Gasteiger partial charge on any atom is -0.478 e. The highest BCUT2D eigenvalue weighted by atomic mass is 16.4. The van der Waals surface area contributed by atoms with Gasteiger partial charge >= 0.3 is 5.97 Å². The van der Waals surface area contributed by atoms with Crippen molar-refractivity contribution in [3.8, 4) is 0 Å². The van der Waals surface area contributed by atoms with Crippen molar-refractivity contribution in [3.05, 3.63) is 35.4 Å². The summed E-state index contributed by atoms with van der Waals surface area (Å²) in [6.45, 7) is 6.20. The Balaban J connectivity index is 1.92. The molecule has 1 aliphatic rings. The maximum absolute atomic E-state index is 12.4. The van der Waals surface area contributed by atoms with E-state index in [4.69, 9.17) is 5.11 Å². The summed E-state index contributed by atoms with van der Waals surface area (Å²) in [5.41, 5.74) is 1.13. The summed E-state index contributed by atoms with van der Waals surface area (Å²) in [6, 6.07) is 6.58. The first-order valence-corrected chi connectivity index (χ1v) is 8.07. The monoisotopic (exact) mass is 303 g/mol. The third kappa shape index (κ3) is 4.33. The van der Waals surface area contributed by atoms with Crippen molar-refractivity contribution in [3.63, 3.8) is 0 Å². The van der Waals surface area contributed by atoms with Gasteiger partial charge in [0, 0.05) is 13.1 Å². The van der Waals surface area contributed by atoms with Crippen LogP contribution in [0.25, 0.3) is 0 Å². The average molecular weight is 303 g/mol. The van der Waals surface area contributed by atoms with Crippen LogP contribution in [-0.4, -0.2) is 35.0 Å². The Morgan fingerprint density at radius 2 is 1.86 bits per heavy atom. The van der Waals surface area contributed by atoms with Crippen molar-refractivity contribution in [2.75, 3.05) is 13.1 Å². The van der Waals surface area contributed by atoms with Crippen molar-refractivity contribution in [2.45, 2.75) is 39.5 Å². The second kappa shape index (κ2) is 7.43. The normalized spacial score (nSPS) is 19.0. The average Bonchev–Trinajstić information content (AvgIpc) is 2.73. The molecule has 22 heavy (non-hydrogen) atoms. The van der Waals surface area contributed by atoms with Gasteiger partial charge < -0.3 is 10.0 Å². The molecule has 1 aliphatic heterocycles. The molecule has 0 saturated carbocycles. The number of carboxylic acid groups (broad SMARTS) is 1. The van der Waals surface area contributed by atoms with E-state index in [1.165, 1.54) is 6.42 Å². The van der Waals surface area contributed by atoms with E-state index in [0.717, 1.165) is 31.5 Å². The lowest BCUT2D eigenvalue weighted by atomic mass is 9.89. The molecule has 1 fully saturated rings. The van der Waals surface area contributed by atoms with Crippen molar-refractivity contribution in [1.29, 1.82) is 0 Å². The van der Waals surface area contributed by atoms with Crippen LogP contribution in [0.1, 0.15) is 49.0 Å². The lowest BCUT2D eigenvalue weighted by Crippen LogP contribution is -2.33. The van der Waals surface area contributed by atoms with Gasteiger partial charge in [-0.2, -0.15) is 0 Å². The number of likely N-dealkylation sites (tertiary alicyclic amines) is 1. The molecule has 0 aliphatic carbocycles. The predicted octanol–water partition coefficient (Wildman–Crippen LogP) is 3.21. The standard InChI is InChI=1S/C18H25NO3/c1-13(2)15-4-3-10-19(11-9-15)17(20)12-14-5-7-16(8-6-14)18(21)22/h5-8,13,15H,3-4,9-12H2,1-2H3,(H,21,22). The number of nitrogens with zero attached hydrogens (tertiary/aromatic N) is 1. The maximum Gasteiger partial charge on any atom is 0.335 e. The van der Waals surface area contributed by atoms with Gasteiger partial charge in [0.1, 0.15) is 0 Å². The van der Waals surface area contributed by atoms with Crippen molar-refractivity contribution in [1.82, 2.24) is 4.90 Å². The van der Waals surface area contributed by atoms with Gasteiger partial charge in [-0.15, -0.1) is 0 Å². The molecule has 120 valence electrons. The molecule has 1 saturated heterocycles. The van der Waals surface area contributed by atoms with Gasteiger partial charge in [0.05, 0.1) is 12.0 Å². The molecule has 0 radical (unpaired) electrons. The Kier molecular flexibility index (Phi) is 5.58. The van der Waals surface area contributed by atoms with Gasteiger partial charge in [-0.25, -0.2) is 4.79 Å². The van der Waals surface area contributed by atoms with Gasteiger partial charge in [0.15, 0.2) is 0 Å². The molecule has 1 aromatic rings. The summed E-state index contributed by atoms with van der Waals surface area (Å²) in [6.07, 6.45) is 3.72. The zero-order chi connectivity index (χ0) is 16.1. The molecule has 4 nitrogen and oxygen atoms in total. The fourth-order valence-electron chi connectivity index (χ4n) is 3.09. The van der Waals surface area contributed by atoms with Crippen LogP contribution in [0.5, 0.6) is 0 Å². The third-order valence-electron chi connectivity index (χ3n) is 4.62. The summed E-state index contributed by atoms with van der Waals surface area (Å²) in [5.74, 6) is 0.601. The van der Waals surface area contributed by atoms with E-state index >= 15 is 0 Å². The Hall–Kier alpha value is -1.84. The van der Waals surface area contributed by atoms with Crippen molar-refractivity contribution in [2.24, 2.45) is 11.8 Å². The number of hydrogen-bond acceptors (Lipinski definition) is 2. The molecule has 1 heterocycles. The molecule has 1 aromatic carbocycles. The molecule has 0 aromatic heterocycles. The molecule has 0 spiro atoms. The van der Waals surface area contributed by atoms with Crippen LogP contribution in [0.3, 0.4) is 0 Å². The van der Waals surface area contributed by atoms with Gasteiger partial charge in [-0.3, -0.25) is 4.79 Å². The number of amides is 1. The molecule has 0 bridgehead atoms. The van der Waals surface area contributed by atoms with E-state index < -0.39 is 5.97 Å². The zero-order valence-electron chi connectivity index (χ0n) is 13.4. The van der Waals surface area contributed by atoms with Crippen molar-refractivity contribution >= 4 is 11.9 Å². The zero-order valence-corrected chi connectivity index (χ0v) is 13.4. The first-order chi connectivity index (χ1) is 10.5. The fraction of sp³-hybridized carbons (Fsp3) is 0.556. The van der Waals surface area contributed by atoms with Gasteiger partial charge in [-0.05, 0) is 48.8 Å². The van der Waals surface area contributed by atoms with Gasteiger partial charge in [-0.1, -0.05) is 26.0 Å². The lowest BCUT2D eigenvalue weighted by Gasteiger charge is -2.21. The van der Waals surface area contributed by atoms with Gasteiger partial charge in [0.25, 0.3) is 0 Å². The number of carbonyl (C=O) groups is 2. The fourth-order valence-corrected chi connectivity index (χ4v) is 3.09. The molecular weight excluding hydrogens is 278 g/mol. The summed E-state index contributed by atoms with van der Waals surface area (Å²) in [7, 11) is 0. The van der Waals surface area contributed by atoms with E-state index in [2.05, 4.69) is 13.8 Å². The number of carboxylic acids is 1. The number of aromatic carboxylic acids is 1. The van der Waals surface area contributed by atoms with E-state index in [1.807, 2.05) is 4.90 Å². The Morgan fingerprint density at radius 1 is 1.18 bits per heavy atom. The van der Waals surface area contributed by atoms with Crippen LogP contribution in [0.15, 0.2) is 24.3 Å². The lowest BCUT2D eigenvalue weighted by molar-refractivity contribution is -0.130. The summed E-state index contributed by atoms with van der Waals surface area (Å²) < 4.78 is 0. The minimum atomic E-state index is -0.940. The first-order valence-electron chi connectivity index (χ1n) is 8.07. The second-order valence-corrected chi connectivity index (χ2v) is 6.49. The first kappa shape index (κ1) is 16.5. The maximum atomic E-state index is 12.4. The Labute approximate surface area is 132 Å². The largest absolute Gasteiger partial charge is 0.478 e. The topological polar surface area (TPSA) is 57.6 Å². The van der Waals surface area contributed by atoms with E-state index in [0.29, 0.717) is 18.3 Å². The predicted molar refractivity (Wildman–Crippen MR) is 85.9 cm³/mol. The van der Waals surface area contributed by atoms with Crippen LogP contribution in [0.2, 0.25) is 0 Å². The highest BCUT2D eigenvalue weighted by molar-refractivity contribution is 5.87. The molecule has 2 rings (SSSR count). The van der Waals surface area contributed by atoms with E-state index in [-0.39, 0.29) is 11.5 Å². The highest BCUT2D eigenvalue weighted by Crippen LogP contribution is 2.24. The highest BCUT2D eigenvalue weighted by Gasteiger charge is 2.22. The third-order valence-corrected chi connectivity index (χ3v) is 4.62. The second-order valence-electron chi connectivity index (χ2n) is 6.49. The quantitative estimate of drug-likeness (QED) is 0.929. The molecule has 1 unspecified atom stereocenters.